The first kappa shape index (κ1) is 12.0. The van der Waals surface area contributed by atoms with Crippen molar-refractivity contribution < 1.29 is 0 Å². The highest BCUT2D eigenvalue weighted by atomic mass is 14.6. The molecule has 0 aromatic carbocycles. The zero-order valence-corrected chi connectivity index (χ0v) is 9.03. The van der Waals surface area contributed by atoms with Gasteiger partial charge in [0.2, 0.25) is 0 Å². The zero-order valence-electron chi connectivity index (χ0n) is 9.03. The van der Waals surface area contributed by atoms with Crippen LogP contribution in [-0.2, 0) is 0 Å². The molecule has 0 saturated heterocycles. The van der Waals surface area contributed by atoms with E-state index in [-0.39, 0.29) is 0 Å². The van der Waals surface area contributed by atoms with E-state index in [1.807, 2.05) is 0 Å². The molecule has 0 aromatic rings. The van der Waals surface area contributed by atoms with Gasteiger partial charge in [0.05, 0.1) is 0 Å². The van der Waals surface area contributed by atoms with Crippen molar-refractivity contribution in [3.63, 3.8) is 0 Å². The molecule has 74 valence electrons. The van der Waals surface area contributed by atoms with Crippen LogP contribution in [0.15, 0.2) is 0 Å². The Kier molecular flexibility index (Phi) is 6.45. The maximum atomic E-state index is 5.73. The van der Waals surface area contributed by atoms with E-state index >= 15 is 0 Å². The number of rotatable bonds is 7. The molecule has 0 aliphatic heterocycles. The molecule has 0 saturated carbocycles. The van der Waals surface area contributed by atoms with Gasteiger partial charge < -0.3 is 5.73 Å². The summed E-state index contributed by atoms with van der Waals surface area (Å²) in [5.41, 5.74) is 6.14. The monoisotopic (exact) mass is 171 g/mol. The normalized spacial score (nSPS) is 16.0. The van der Waals surface area contributed by atoms with Gasteiger partial charge in [0.15, 0.2) is 0 Å². The molecule has 1 nitrogen and oxygen atoms in total. The Balaban J connectivity index is 3.45. The topological polar surface area (TPSA) is 26.0 Å². The predicted octanol–water partition coefficient (Wildman–Crippen LogP) is 3.33. The Morgan fingerprint density at radius 3 is 2.17 bits per heavy atom. The average molecular weight is 171 g/mol. The van der Waals surface area contributed by atoms with Crippen molar-refractivity contribution in [2.75, 3.05) is 6.54 Å². The summed E-state index contributed by atoms with van der Waals surface area (Å²) in [6, 6.07) is 0. The van der Waals surface area contributed by atoms with E-state index in [1.54, 1.807) is 0 Å². The van der Waals surface area contributed by atoms with Crippen LogP contribution < -0.4 is 5.73 Å². The van der Waals surface area contributed by atoms with Crippen LogP contribution in [0.1, 0.15) is 59.3 Å². The van der Waals surface area contributed by atoms with E-state index in [4.69, 9.17) is 5.73 Å². The highest BCUT2D eigenvalue weighted by Gasteiger charge is 2.18. The van der Waals surface area contributed by atoms with Crippen molar-refractivity contribution >= 4 is 0 Å². The summed E-state index contributed by atoms with van der Waals surface area (Å²) in [5.74, 6) is 0. The fraction of sp³-hybridized carbons (Fsp3) is 1.00. The van der Waals surface area contributed by atoms with Gasteiger partial charge in [-0.15, -0.1) is 0 Å². The predicted molar refractivity (Wildman–Crippen MR) is 56.2 cm³/mol. The molecule has 2 N–H and O–H groups in total. The second-order valence-corrected chi connectivity index (χ2v) is 4.18. The number of nitrogens with two attached hydrogens (primary N) is 1. The van der Waals surface area contributed by atoms with Crippen LogP contribution in [0.2, 0.25) is 0 Å². The van der Waals surface area contributed by atoms with Gasteiger partial charge in [-0.25, -0.2) is 0 Å². The van der Waals surface area contributed by atoms with Crippen LogP contribution in [-0.4, -0.2) is 6.54 Å². The third-order valence-electron chi connectivity index (χ3n) is 2.98. The van der Waals surface area contributed by atoms with E-state index in [9.17, 15) is 0 Å². The molecule has 12 heavy (non-hydrogen) atoms. The van der Waals surface area contributed by atoms with Crippen LogP contribution in [0.25, 0.3) is 0 Å². The molecule has 1 unspecified atom stereocenters. The maximum absolute atomic E-state index is 5.73. The third kappa shape index (κ3) is 4.76. The Labute approximate surface area is 77.7 Å². The largest absolute Gasteiger partial charge is 0.330 e. The van der Waals surface area contributed by atoms with Crippen LogP contribution in [0, 0.1) is 5.41 Å². The van der Waals surface area contributed by atoms with Gasteiger partial charge in [-0.2, -0.15) is 0 Å². The lowest BCUT2D eigenvalue weighted by Gasteiger charge is -2.26. The third-order valence-corrected chi connectivity index (χ3v) is 2.98. The smallest absolute Gasteiger partial charge is 0.00233 e. The number of hydrogen-bond acceptors (Lipinski definition) is 1. The lowest BCUT2D eigenvalue weighted by molar-refractivity contribution is 0.284. The Hall–Kier alpha value is -0.0400. The van der Waals surface area contributed by atoms with Crippen LogP contribution >= 0.6 is 0 Å². The maximum Gasteiger partial charge on any atom is -0.00233 e. The molecule has 0 spiro atoms. The molecule has 0 aliphatic rings. The summed E-state index contributed by atoms with van der Waals surface area (Å²) in [5, 5.41) is 0. The SMILES string of the molecule is CCCCCCC(C)(CC)CN. The Bertz CT molecular complexity index is 95.2. The average Bonchev–Trinajstić information content (AvgIpc) is 2.12. The minimum absolute atomic E-state index is 0.410. The Morgan fingerprint density at radius 2 is 1.75 bits per heavy atom. The minimum atomic E-state index is 0.410. The van der Waals surface area contributed by atoms with Crippen molar-refractivity contribution in [2.24, 2.45) is 11.1 Å². The minimum Gasteiger partial charge on any atom is -0.330 e. The van der Waals surface area contributed by atoms with Crippen molar-refractivity contribution in [1.82, 2.24) is 0 Å². The molecule has 0 fully saturated rings. The summed E-state index contributed by atoms with van der Waals surface area (Å²) < 4.78 is 0. The lowest BCUT2D eigenvalue weighted by atomic mass is 9.82. The molecule has 1 heteroatoms. The van der Waals surface area contributed by atoms with Crippen molar-refractivity contribution in [3.05, 3.63) is 0 Å². The second-order valence-electron chi connectivity index (χ2n) is 4.18. The standard InChI is InChI=1S/C11H25N/c1-4-6-7-8-9-11(3,5-2)10-12/h4-10,12H2,1-3H3. The van der Waals surface area contributed by atoms with Crippen molar-refractivity contribution in [2.45, 2.75) is 59.3 Å². The van der Waals surface area contributed by atoms with Gasteiger partial charge in [-0.05, 0) is 24.8 Å². The molecule has 0 aromatic heterocycles. The molecular formula is C11H25N. The second kappa shape index (κ2) is 6.47. The molecule has 0 heterocycles. The quantitative estimate of drug-likeness (QED) is 0.584. The van der Waals surface area contributed by atoms with Crippen molar-refractivity contribution in [1.29, 1.82) is 0 Å². The van der Waals surface area contributed by atoms with Crippen LogP contribution in [0.5, 0.6) is 0 Å². The molecule has 0 aliphatic carbocycles. The first-order valence-electron chi connectivity index (χ1n) is 5.38. The molecule has 0 radical (unpaired) electrons. The summed E-state index contributed by atoms with van der Waals surface area (Å²) in [7, 11) is 0. The van der Waals surface area contributed by atoms with Crippen LogP contribution in [0.4, 0.5) is 0 Å². The van der Waals surface area contributed by atoms with E-state index in [0.29, 0.717) is 5.41 Å². The first-order valence-corrected chi connectivity index (χ1v) is 5.38. The summed E-state index contributed by atoms with van der Waals surface area (Å²) in [4.78, 5) is 0. The molecule has 0 amide bonds. The highest BCUT2D eigenvalue weighted by molar-refractivity contribution is 4.73. The first-order chi connectivity index (χ1) is 5.68. The number of hydrogen-bond donors (Lipinski definition) is 1. The fourth-order valence-electron chi connectivity index (χ4n) is 1.40. The molecule has 1 atom stereocenters. The van der Waals surface area contributed by atoms with Gasteiger partial charge in [0, 0.05) is 0 Å². The van der Waals surface area contributed by atoms with Crippen molar-refractivity contribution in [3.8, 4) is 0 Å². The molecule has 0 rings (SSSR count). The summed E-state index contributed by atoms with van der Waals surface area (Å²) >= 11 is 0. The summed E-state index contributed by atoms with van der Waals surface area (Å²) in [6.45, 7) is 7.64. The van der Waals surface area contributed by atoms with Gasteiger partial charge in [0.1, 0.15) is 0 Å². The van der Waals surface area contributed by atoms with Gasteiger partial charge >= 0.3 is 0 Å². The lowest BCUT2D eigenvalue weighted by Crippen LogP contribution is -2.26. The number of unbranched alkanes of at least 4 members (excludes halogenated alkanes) is 3. The zero-order chi connectivity index (χ0) is 9.45. The van der Waals surface area contributed by atoms with E-state index in [0.717, 1.165) is 6.54 Å². The summed E-state index contributed by atoms with van der Waals surface area (Å²) in [6.07, 6.45) is 7.97. The van der Waals surface area contributed by atoms with Gasteiger partial charge in [0.25, 0.3) is 0 Å². The molecule has 0 bridgehead atoms. The van der Waals surface area contributed by atoms with E-state index < -0.39 is 0 Å². The fourth-order valence-corrected chi connectivity index (χ4v) is 1.40. The van der Waals surface area contributed by atoms with Gasteiger partial charge in [-0.3, -0.25) is 0 Å². The van der Waals surface area contributed by atoms with E-state index in [2.05, 4.69) is 20.8 Å². The molecular weight excluding hydrogens is 146 g/mol. The highest BCUT2D eigenvalue weighted by Crippen LogP contribution is 2.26. The van der Waals surface area contributed by atoms with E-state index in [1.165, 1.54) is 38.5 Å². The Morgan fingerprint density at radius 1 is 1.08 bits per heavy atom. The van der Waals surface area contributed by atoms with Crippen LogP contribution in [0.3, 0.4) is 0 Å². The van der Waals surface area contributed by atoms with Gasteiger partial charge in [-0.1, -0.05) is 46.5 Å².